The van der Waals surface area contributed by atoms with E-state index in [2.05, 4.69) is 37.2 Å². The van der Waals surface area contributed by atoms with Crippen LogP contribution in [0.5, 0.6) is 0 Å². The number of nitrogens with one attached hydrogen (secondary N) is 7. The lowest BCUT2D eigenvalue weighted by atomic mass is 9.45. The van der Waals surface area contributed by atoms with Crippen LogP contribution in [0, 0.1) is 28.6 Å². The van der Waals surface area contributed by atoms with Gasteiger partial charge in [-0.2, -0.15) is 0 Å². The number of carbonyl (C=O) groups is 11. The first-order chi connectivity index (χ1) is 42.8. The average Bonchev–Trinajstić information content (AvgIpc) is 1.36. The number of hydrogen-bond acceptors (Lipinski definition) is 19. The fourth-order valence-corrected chi connectivity index (χ4v) is 14.2. The van der Waals surface area contributed by atoms with Crippen molar-refractivity contribution < 1.29 is 91.4 Å². The van der Waals surface area contributed by atoms with Gasteiger partial charge in [0.05, 0.1) is 95.1 Å². The van der Waals surface area contributed by atoms with Gasteiger partial charge in [-0.3, -0.25) is 52.7 Å². The number of halogens is 1. The molecule has 0 spiro atoms. The number of rotatable bonds is 40. The lowest BCUT2D eigenvalue weighted by molar-refractivity contribution is -0.203. The number of thioether (sulfide) groups is 1. The van der Waals surface area contributed by atoms with Crippen LogP contribution in [-0.2, 0) is 87.6 Å². The molecule has 0 saturated heterocycles. The quantitative estimate of drug-likeness (QED) is 0.0194. The predicted molar refractivity (Wildman–Crippen MR) is 329 cm³/mol. The lowest BCUT2D eigenvalue weighted by Gasteiger charge is -2.64. The molecule has 9 N–H and O–H groups in total. The number of aliphatic hydroxyl groups is 1. The van der Waals surface area contributed by atoms with E-state index in [-0.39, 0.29) is 120 Å². The van der Waals surface area contributed by atoms with E-state index in [1.807, 2.05) is 34.6 Å². The summed E-state index contributed by atoms with van der Waals surface area (Å²) in [5, 5.41) is 38.2. The molecular weight excluding hydrogens is 1210 g/mol. The molecule has 3 fully saturated rings. The van der Waals surface area contributed by atoms with Gasteiger partial charge in [0.2, 0.25) is 47.1 Å². The highest BCUT2D eigenvalue weighted by Gasteiger charge is 2.76. The van der Waals surface area contributed by atoms with E-state index in [9.17, 15) is 57.8 Å². The molecule has 10 atom stereocenters. The maximum Gasteiger partial charge on any atom is 0.306 e. The van der Waals surface area contributed by atoms with E-state index < -0.39 is 131 Å². The van der Waals surface area contributed by atoms with Crippen LogP contribution in [0.2, 0.25) is 0 Å². The van der Waals surface area contributed by atoms with Crippen molar-refractivity contribution in [3.05, 3.63) is 59.7 Å². The SMILES string of the molecule is CCC(=O)O[C@]1(C(=O)COCNC(=O)CNC(=O)C(Cc2ccccc2)NC(=O)CNC(=O)CNC(=O)CCOCCOCCOCCOCCNC(=O)CCNC(=O)C(CC(=O)O)SC(C)C)[C@@H](C)CC2[C@@H]3CCC4=CC(=O)C=C[C@]4(C)[C@@]3(Cl)[C@@H](O)C[C@@]21C. The van der Waals surface area contributed by atoms with Crippen LogP contribution in [0.25, 0.3) is 0 Å². The monoisotopic (exact) mass is 1300 g/mol. The van der Waals surface area contributed by atoms with Crippen LogP contribution in [0.3, 0.4) is 0 Å². The van der Waals surface area contributed by atoms with E-state index in [1.165, 1.54) is 17.8 Å². The summed E-state index contributed by atoms with van der Waals surface area (Å²) in [6.45, 7) is 10.7. The van der Waals surface area contributed by atoms with E-state index in [1.54, 1.807) is 49.4 Å². The second-order valence-corrected chi connectivity index (χ2v) is 25.8. The molecule has 26 nitrogen and oxygen atoms in total. The number of esters is 1. The van der Waals surface area contributed by atoms with Crippen molar-refractivity contribution in [2.24, 2.45) is 28.6 Å². The Morgan fingerprint density at radius 2 is 1.33 bits per heavy atom. The standard InChI is InChI=1S/C62H90ClN7O19S/c1-7-56(81)89-62(40(4)29-45-44-14-13-42-31-43(71)15-18-59(42,5)61(44,63)48(72)33-60(45,62)6)49(73)37-88-38-69-53(77)35-68-57(82)46(30-41-11-9-8-10-12-41)70-54(78)36-67-52(76)34-66-51(75)17-21-84-23-25-86-27-28-87-26-24-85-22-20-64-50(74)16-19-65-58(83)47(32-55(79)80)90-39(2)3/h8-12,15,18,31,39-40,44-48,72H,7,13-14,16-17,19-30,32-38H2,1-6H3,(H,64,74)(H,65,83)(H,66,75)(H,67,76)(H,68,82)(H,69,77)(H,70,78)(H,79,80)/t40-,44-,45?,46?,47?,48-,59-,60-,61-,62-/m0/s1. The van der Waals surface area contributed by atoms with Gasteiger partial charge in [-0.15, -0.1) is 23.4 Å². The Bertz CT molecular complexity index is 2740. The molecule has 0 heterocycles. The molecule has 5 rings (SSSR count). The zero-order chi connectivity index (χ0) is 66.1. The molecule has 4 aliphatic carbocycles. The average molecular weight is 1300 g/mol. The van der Waals surface area contributed by atoms with Crippen molar-refractivity contribution in [3.8, 4) is 0 Å². The summed E-state index contributed by atoms with van der Waals surface area (Å²) in [4.78, 5) is 139. The van der Waals surface area contributed by atoms with Crippen molar-refractivity contribution in [1.82, 2.24) is 37.2 Å². The van der Waals surface area contributed by atoms with E-state index >= 15 is 0 Å². The highest BCUT2D eigenvalue weighted by atomic mass is 35.5. The molecule has 1 aromatic carbocycles. The highest BCUT2D eigenvalue weighted by Crippen LogP contribution is 2.72. The summed E-state index contributed by atoms with van der Waals surface area (Å²) < 4.78 is 33.7. The fourth-order valence-electron chi connectivity index (χ4n) is 12.6. The van der Waals surface area contributed by atoms with Gasteiger partial charge in [0.1, 0.15) is 19.4 Å². The molecule has 3 saturated carbocycles. The Balaban J connectivity index is 0.928. The molecule has 500 valence electrons. The van der Waals surface area contributed by atoms with Crippen molar-refractivity contribution in [2.75, 3.05) is 98.9 Å². The van der Waals surface area contributed by atoms with Crippen LogP contribution in [-0.4, -0.2) is 207 Å². The third-order valence-electron chi connectivity index (χ3n) is 16.9. The Morgan fingerprint density at radius 1 is 0.722 bits per heavy atom. The summed E-state index contributed by atoms with van der Waals surface area (Å²) in [6.07, 6.45) is 4.99. The molecule has 3 unspecified atom stereocenters. The smallest absolute Gasteiger partial charge is 0.306 e. The summed E-state index contributed by atoms with van der Waals surface area (Å²) in [5.41, 5.74) is -2.08. The molecule has 1 aromatic rings. The molecule has 28 heteroatoms. The number of fused-ring (bicyclic) bond motifs is 5. The second kappa shape index (κ2) is 36.1. The highest BCUT2D eigenvalue weighted by molar-refractivity contribution is 8.01. The van der Waals surface area contributed by atoms with E-state index in [4.69, 9.17) is 45.1 Å². The van der Waals surface area contributed by atoms with Gasteiger partial charge in [-0.25, -0.2) is 0 Å². The summed E-state index contributed by atoms with van der Waals surface area (Å²) in [5.74, 6) is -7.44. The van der Waals surface area contributed by atoms with Gasteiger partial charge in [-0.1, -0.05) is 83.5 Å². The number of Topliss-reactive ketones (excluding diaryl/α,β-unsaturated/α-hetero) is 1. The normalized spacial score (nSPS) is 24.6. The van der Waals surface area contributed by atoms with Gasteiger partial charge in [0.25, 0.3) is 0 Å². The number of amides is 7. The summed E-state index contributed by atoms with van der Waals surface area (Å²) in [7, 11) is 0. The number of aliphatic carboxylic acids is 1. The predicted octanol–water partition coefficient (Wildman–Crippen LogP) is 1.36. The number of aliphatic hydroxyl groups excluding tert-OH is 1. The maximum atomic E-state index is 14.6. The number of hydrogen-bond donors (Lipinski definition) is 9. The van der Waals surface area contributed by atoms with Crippen molar-refractivity contribution in [1.29, 1.82) is 0 Å². The number of alkyl halides is 1. The summed E-state index contributed by atoms with van der Waals surface area (Å²) in [6, 6.07) is 7.57. The number of allylic oxidation sites excluding steroid dienone is 4. The van der Waals surface area contributed by atoms with Gasteiger partial charge < -0.3 is 75.9 Å². The van der Waals surface area contributed by atoms with Crippen molar-refractivity contribution in [2.45, 2.75) is 132 Å². The first-order valence-corrected chi connectivity index (χ1v) is 31.9. The van der Waals surface area contributed by atoms with Crippen LogP contribution in [0.15, 0.2) is 54.1 Å². The molecule has 0 aliphatic heterocycles. The number of ketones is 2. The van der Waals surface area contributed by atoms with Gasteiger partial charge in [0.15, 0.2) is 11.4 Å². The van der Waals surface area contributed by atoms with E-state index in [0.717, 1.165) is 5.57 Å². The Labute approximate surface area is 534 Å². The minimum Gasteiger partial charge on any atom is -0.481 e. The van der Waals surface area contributed by atoms with Gasteiger partial charge in [-0.05, 0) is 60.5 Å². The topological polar surface area (TPSA) is 368 Å². The largest absolute Gasteiger partial charge is 0.481 e. The Kier molecular flexibility index (Phi) is 29.8. The summed E-state index contributed by atoms with van der Waals surface area (Å²) >= 11 is 8.88. The number of carbonyl (C=O) groups excluding carboxylic acids is 10. The first kappa shape index (κ1) is 74.4. The third-order valence-corrected chi connectivity index (χ3v) is 19.1. The molecular formula is C62H90ClN7O19S. The Morgan fingerprint density at radius 3 is 1.99 bits per heavy atom. The number of ether oxygens (including phenoxy) is 6. The number of benzene rings is 1. The van der Waals surface area contributed by atoms with E-state index in [0.29, 0.717) is 38.0 Å². The van der Waals surface area contributed by atoms with Crippen LogP contribution in [0.4, 0.5) is 0 Å². The number of carboxylic acid groups (broad SMARTS) is 1. The van der Waals surface area contributed by atoms with Crippen LogP contribution < -0.4 is 37.2 Å². The fraction of sp³-hybridized carbons (Fsp3) is 0.661. The maximum absolute atomic E-state index is 14.6. The number of carboxylic acids is 1. The molecule has 0 aromatic heterocycles. The molecule has 0 radical (unpaired) electrons. The molecule has 4 aliphatic rings. The van der Waals surface area contributed by atoms with Crippen molar-refractivity contribution in [3.63, 3.8) is 0 Å². The minimum absolute atomic E-state index is 0.0141. The van der Waals surface area contributed by atoms with Crippen LogP contribution in [0.1, 0.15) is 98.5 Å². The molecule has 90 heavy (non-hydrogen) atoms. The molecule has 0 bridgehead atoms. The second-order valence-electron chi connectivity index (χ2n) is 23.4. The molecule has 7 amide bonds. The first-order valence-electron chi connectivity index (χ1n) is 30.6. The Hall–Kier alpha value is -6.33. The third kappa shape index (κ3) is 20.6. The zero-order valence-electron chi connectivity index (χ0n) is 52.3. The van der Waals surface area contributed by atoms with Crippen LogP contribution >= 0.6 is 23.4 Å². The van der Waals surface area contributed by atoms with Crippen molar-refractivity contribution >= 4 is 88.2 Å². The van der Waals surface area contributed by atoms with Gasteiger partial charge >= 0.3 is 11.9 Å². The minimum atomic E-state index is -1.71. The zero-order valence-corrected chi connectivity index (χ0v) is 53.8. The van der Waals surface area contributed by atoms with Gasteiger partial charge in [0, 0.05) is 55.5 Å². The lowest BCUT2D eigenvalue weighted by Crippen LogP contribution is -2.69.